The van der Waals surface area contributed by atoms with E-state index in [9.17, 15) is 14.4 Å². The SMILES string of the molecule is Cc1ccc(C(=O)N2[C@@H](C(=O)NC[C@@H]3CCCO3)COC23CCN(C(=O)c2cccc(Cl)c2)CC3)cc1. The van der Waals surface area contributed by atoms with Crippen LogP contribution in [0.15, 0.2) is 48.5 Å². The Labute approximate surface area is 221 Å². The lowest BCUT2D eigenvalue weighted by Crippen LogP contribution is -2.60. The van der Waals surface area contributed by atoms with Gasteiger partial charge in [0.2, 0.25) is 5.91 Å². The van der Waals surface area contributed by atoms with Crippen molar-refractivity contribution in [2.75, 3.05) is 32.8 Å². The molecule has 37 heavy (non-hydrogen) atoms. The summed E-state index contributed by atoms with van der Waals surface area (Å²) in [5.74, 6) is -0.604. The van der Waals surface area contributed by atoms with E-state index in [0.29, 0.717) is 55.2 Å². The maximum absolute atomic E-state index is 13.8. The van der Waals surface area contributed by atoms with E-state index in [1.165, 1.54) is 0 Å². The van der Waals surface area contributed by atoms with Crippen LogP contribution in [-0.2, 0) is 14.3 Å². The first-order valence-corrected chi connectivity index (χ1v) is 13.2. The summed E-state index contributed by atoms with van der Waals surface area (Å²) in [6.45, 7) is 3.98. The van der Waals surface area contributed by atoms with Gasteiger partial charge in [-0.1, -0.05) is 35.4 Å². The quantitative estimate of drug-likeness (QED) is 0.646. The number of benzene rings is 2. The Kier molecular flexibility index (Phi) is 7.51. The van der Waals surface area contributed by atoms with Crippen molar-refractivity contribution in [2.45, 2.75) is 50.5 Å². The highest BCUT2D eigenvalue weighted by Gasteiger charge is 2.54. The average Bonchev–Trinajstić information content (AvgIpc) is 3.56. The van der Waals surface area contributed by atoms with Crippen molar-refractivity contribution in [1.29, 1.82) is 0 Å². The van der Waals surface area contributed by atoms with Crippen molar-refractivity contribution in [3.05, 3.63) is 70.2 Å². The lowest BCUT2D eigenvalue weighted by Gasteiger charge is -2.44. The fourth-order valence-corrected chi connectivity index (χ4v) is 5.59. The van der Waals surface area contributed by atoms with E-state index in [2.05, 4.69) is 5.32 Å². The van der Waals surface area contributed by atoms with Gasteiger partial charge in [-0.05, 0) is 50.1 Å². The van der Waals surface area contributed by atoms with Gasteiger partial charge in [-0.2, -0.15) is 0 Å². The Morgan fingerprint density at radius 2 is 1.81 bits per heavy atom. The molecule has 196 valence electrons. The molecule has 1 N–H and O–H groups in total. The van der Waals surface area contributed by atoms with Gasteiger partial charge >= 0.3 is 0 Å². The minimum atomic E-state index is -0.959. The number of rotatable bonds is 5. The Morgan fingerprint density at radius 1 is 1.05 bits per heavy atom. The summed E-state index contributed by atoms with van der Waals surface area (Å²) in [4.78, 5) is 43.6. The number of aryl methyl sites for hydroxylation is 1. The lowest BCUT2D eigenvalue weighted by molar-refractivity contribution is -0.128. The molecule has 9 heteroatoms. The second kappa shape index (κ2) is 10.8. The first kappa shape index (κ1) is 25.7. The number of nitrogens with zero attached hydrogens (tertiary/aromatic N) is 2. The van der Waals surface area contributed by atoms with Crippen LogP contribution in [0.2, 0.25) is 5.02 Å². The van der Waals surface area contributed by atoms with Crippen LogP contribution in [0.5, 0.6) is 0 Å². The predicted octanol–water partition coefficient (Wildman–Crippen LogP) is 3.42. The Morgan fingerprint density at radius 3 is 2.49 bits per heavy atom. The summed E-state index contributed by atoms with van der Waals surface area (Å²) in [5, 5.41) is 3.48. The van der Waals surface area contributed by atoms with Crippen molar-refractivity contribution in [3.8, 4) is 0 Å². The van der Waals surface area contributed by atoms with Crippen LogP contribution in [0.4, 0.5) is 0 Å². The minimum Gasteiger partial charge on any atom is -0.376 e. The average molecular weight is 526 g/mol. The molecule has 3 fully saturated rings. The third kappa shape index (κ3) is 5.37. The summed E-state index contributed by atoms with van der Waals surface area (Å²) in [7, 11) is 0. The Balaban J connectivity index is 1.34. The number of likely N-dealkylation sites (tertiary alicyclic amines) is 1. The zero-order chi connectivity index (χ0) is 26.0. The van der Waals surface area contributed by atoms with E-state index in [0.717, 1.165) is 18.4 Å². The summed E-state index contributed by atoms with van der Waals surface area (Å²) < 4.78 is 11.9. The predicted molar refractivity (Wildman–Crippen MR) is 138 cm³/mol. The molecule has 0 saturated carbocycles. The monoisotopic (exact) mass is 525 g/mol. The molecule has 3 aliphatic heterocycles. The molecule has 0 radical (unpaired) electrons. The molecule has 3 aliphatic rings. The highest BCUT2D eigenvalue weighted by molar-refractivity contribution is 6.30. The molecule has 0 unspecified atom stereocenters. The van der Waals surface area contributed by atoms with Crippen molar-refractivity contribution in [2.24, 2.45) is 0 Å². The van der Waals surface area contributed by atoms with Crippen molar-refractivity contribution < 1.29 is 23.9 Å². The fourth-order valence-electron chi connectivity index (χ4n) is 5.40. The fraction of sp³-hybridized carbons (Fsp3) is 0.464. The van der Waals surface area contributed by atoms with Crippen LogP contribution in [0.3, 0.4) is 0 Å². The second-order valence-corrected chi connectivity index (χ2v) is 10.4. The van der Waals surface area contributed by atoms with Crippen LogP contribution < -0.4 is 5.32 Å². The topological polar surface area (TPSA) is 88.2 Å². The summed E-state index contributed by atoms with van der Waals surface area (Å²) >= 11 is 6.08. The van der Waals surface area contributed by atoms with Crippen LogP contribution in [0.25, 0.3) is 0 Å². The number of nitrogens with one attached hydrogen (secondary N) is 1. The molecule has 2 atom stereocenters. The van der Waals surface area contributed by atoms with Crippen molar-refractivity contribution in [3.63, 3.8) is 0 Å². The van der Waals surface area contributed by atoms with Crippen molar-refractivity contribution in [1.82, 2.24) is 15.1 Å². The lowest BCUT2D eigenvalue weighted by atomic mass is 9.96. The van der Waals surface area contributed by atoms with E-state index >= 15 is 0 Å². The third-order valence-corrected chi connectivity index (χ3v) is 7.75. The number of hydrogen-bond donors (Lipinski definition) is 1. The number of piperidine rings is 1. The van der Waals surface area contributed by atoms with Gasteiger partial charge in [0.25, 0.3) is 11.8 Å². The van der Waals surface area contributed by atoms with Gasteiger partial charge in [0.05, 0.1) is 12.7 Å². The highest BCUT2D eigenvalue weighted by Crippen LogP contribution is 2.39. The standard InChI is InChI=1S/C28H32ClN3O5/c1-19-7-9-20(10-8-19)27(35)32-24(25(33)30-17-23-6-3-15-36-23)18-37-28(32)11-13-31(14-12-28)26(34)21-4-2-5-22(29)16-21/h2,4-5,7-10,16,23-24H,3,6,11-15,17-18H2,1H3,(H,30,33)/t23-,24+/m0/s1. The van der Waals surface area contributed by atoms with Gasteiger partial charge in [0.15, 0.2) is 0 Å². The van der Waals surface area contributed by atoms with Gasteiger partial charge in [-0.25, -0.2) is 0 Å². The largest absolute Gasteiger partial charge is 0.376 e. The number of hydrogen-bond acceptors (Lipinski definition) is 5. The van der Waals surface area contributed by atoms with E-state index < -0.39 is 11.8 Å². The molecular formula is C28H32ClN3O5. The molecule has 2 aromatic rings. The van der Waals surface area contributed by atoms with Crippen LogP contribution in [-0.4, -0.2) is 78.2 Å². The number of amides is 3. The second-order valence-electron chi connectivity index (χ2n) is 10.00. The first-order chi connectivity index (χ1) is 17.9. The number of halogens is 1. The molecule has 8 nitrogen and oxygen atoms in total. The normalized spacial score (nSPS) is 22.9. The zero-order valence-electron chi connectivity index (χ0n) is 21.0. The van der Waals surface area contributed by atoms with Crippen LogP contribution in [0, 0.1) is 6.92 Å². The smallest absolute Gasteiger partial charge is 0.256 e. The van der Waals surface area contributed by atoms with Gasteiger partial charge in [-0.15, -0.1) is 0 Å². The van der Waals surface area contributed by atoms with Gasteiger partial charge < -0.3 is 19.7 Å². The van der Waals surface area contributed by atoms with Crippen molar-refractivity contribution >= 4 is 29.3 Å². The molecule has 0 bridgehead atoms. The first-order valence-electron chi connectivity index (χ1n) is 12.8. The summed E-state index contributed by atoms with van der Waals surface area (Å²) in [5.41, 5.74) is 1.11. The van der Waals surface area contributed by atoms with Gasteiger partial charge in [-0.3, -0.25) is 19.3 Å². The maximum Gasteiger partial charge on any atom is 0.256 e. The third-order valence-electron chi connectivity index (χ3n) is 7.51. The van der Waals surface area contributed by atoms with E-state index in [1.54, 1.807) is 46.2 Å². The molecule has 0 aliphatic carbocycles. The number of ether oxygens (including phenoxy) is 2. The molecular weight excluding hydrogens is 494 g/mol. The maximum atomic E-state index is 13.8. The van der Waals surface area contributed by atoms with E-state index in [1.807, 2.05) is 19.1 Å². The van der Waals surface area contributed by atoms with Crippen LogP contribution in [0.1, 0.15) is 52.0 Å². The van der Waals surface area contributed by atoms with Crippen LogP contribution >= 0.6 is 11.6 Å². The molecule has 0 aromatic heterocycles. The molecule has 5 rings (SSSR count). The molecule has 3 amide bonds. The Bertz CT molecular complexity index is 1160. The molecule has 2 aromatic carbocycles. The summed E-state index contributed by atoms with van der Waals surface area (Å²) in [6.07, 6.45) is 2.72. The summed E-state index contributed by atoms with van der Waals surface area (Å²) in [6, 6.07) is 13.5. The highest BCUT2D eigenvalue weighted by atomic mass is 35.5. The molecule has 3 heterocycles. The zero-order valence-corrected chi connectivity index (χ0v) is 21.7. The minimum absolute atomic E-state index is 0.00206. The number of carbonyl (C=O) groups is 3. The van der Waals surface area contributed by atoms with E-state index in [4.69, 9.17) is 21.1 Å². The molecule has 3 saturated heterocycles. The van der Waals surface area contributed by atoms with Gasteiger partial charge in [0, 0.05) is 55.2 Å². The van der Waals surface area contributed by atoms with E-state index in [-0.39, 0.29) is 30.4 Å². The number of carbonyl (C=O) groups excluding carboxylic acids is 3. The Hall–Kier alpha value is -2.94. The molecule has 1 spiro atoms. The van der Waals surface area contributed by atoms with Gasteiger partial charge in [0.1, 0.15) is 11.8 Å².